The van der Waals surface area contributed by atoms with E-state index in [4.69, 9.17) is 17.3 Å². The Balaban J connectivity index is 1.97. The second-order valence-electron chi connectivity index (χ2n) is 5.33. The molecule has 0 heterocycles. The quantitative estimate of drug-likeness (QED) is 0.881. The molecule has 3 nitrogen and oxygen atoms in total. The van der Waals surface area contributed by atoms with Crippen LogP contribution >= 0.6 is 11.6 Å². The molecule has 0 radical (unpaired) electrons. The third-order valence-corrected chi connectivity index (χ3v) is 4.34. The maximum atomic E-state index is 11.1. The second-order valence-corrected chi connectivity index (χ2v) is 5.74. The molecule has 3 N–H and O–H groups in total. The molecule has 1 fully saturated rings. The molecule has 0 bridgehead atoms. The van der Waals surface area contributed by atoms with Crippen LogP contribution in [0, 0.1) is 5.92 Å². The van der Waals surface area contributed by atoms with E-state index in [1.165, 1.54) is 32.1 Å². The first kappa shape index (κ1) is 14.2. The van der Waals surface area contributed by atoms with Crippen LogP contribution in [0.3, 0.4) is 0 Å². The van der Waals surface area contributed by atoms with Crippen molar-refractivity contribution in [3.8, 4) is 0 Å². The summed E-state index contributed by atoms with van der Waals surface area (Å²) in [6.07, 6.45) is 6.27. The monoisotopic (exact) mass is 280 g/mol. The van der Waals surface area contributed by atoms with E-state index in [1.807, 2.05) is 6.07 Å². The van der Waals surface area contributed by atoms with Crippen molar-refractivity contribution in [2.24, 2.45) is 11.7 Å². The standard InChI is InChI=1S/C15H21ClN2O/c1-2-10-3-5-11(6-4-10)18-12-7-8-13(15(17)19)14(16)9-12/h7-11,18H,2-6H2,1H3,(H2,17,19). The molecule has 1 aromatic rings. The summed E-state index contributed by atoms with van der Waals surface area (Å²) in [6, 6.07) is 5.86. The zero-order chi connectivity index (χ0) is 13.8. The van der Waals surface area contributed by atoms with Crippen molar-refractivity contribution in [3.63, 3.8) is 0 Å². The molecule has 0 spiro atoms. The van der Waals surface area contributed by atoms with E-state index in [2.05, 4.69) is 12.2 Å². The minimum absolute atomic E-state index is 0.377. The number of rotatable bonds is 4. The van der Waals surface area contributed by atoms with Crippen LogP contribution in [0.4, 0.5) is 5.69 Å². The van der Waals surface area contributed by atoms with Crippen molar-refractivity contribution >= 4 is 23.2 Å². The van der Waals surface area contributed by atoms with Gasteiger partial charge in [0.2, 0.25) is 5.91 Å². The van der Waals surface area contributed by atoms with Crippen LogP contribution in [0.15, 0.2) is 18.2 Å². The fraction of sp³-hybridized carbons (Fsp3) is 0.533. The first-order valence-electron chi connectivity index (χ1n) is 6.96. The summed E-state index contributed by atoms with van der Waals surface area (Å²) >= 11 is 6.05. The van der Waals surface area contributed by atoms with Gasteiger partial charge in [-0.25, -0.2) is 0 Å². The number of amides is 1. The second kappa shape index (κ2) is 6.29. The largest absolute Gasteiger partial charge is 0.382 e. The topological polar surface area (TPSA) is 55.1 Å². The van der Waals surface area contributed by atoms with Crippen LogP contribution in [-0.2, 0) is 0 Å². The minimum atomic E-state index is -0.486. The Morgan fingerprint density at radius 2 is 2.05 bits per heavy atom. The first-order chi connectivity index (χ1) is 9.10. The van der Waals surface area contributed by atoms with Crippen LogP contribution < -0.4 is 11.1 Å². The number of nitrogens with one attached hydrogen (secondary N) is 1. The third kappa shape index (κ3) is 3.63. The van der Waals surface area contributed by atoms with Gasteiger partial charge in [-0.15, -0.1) is 0 Å². The Morgan fingerprint density at radius 3 is 2.58 bits per heavy atom. The lowest BCUT2D eigenvalue weighted by atomic mass is 9.84. The number of carbonyl (C=O) groups is 1. The molecule has 1 aliphatic carbocycles. The van der Waals surface area contributed by atoms with Gasteiger partial charge in [0.25, 0.3) is 0 Å². The van der Waals surface area contributed by atoms with Gasteiger partial charge in [-0.2, -0.15) is 0 Å². The highest BCUT2D eigenvalue weighted by molar-refractivity contribution is 6.34. The van der Waals surface area contributed by atoms with E-state index in [1.54, 1.807) is 12.1 Å². The minimum Gasteiger partial charge on any atom is -0.382 e. The molecule has 104 valence electrons. The van der Waals surface area contributed by atoms with Crippen LogP contribution in [-0.4, -0.2) is 11.9 Å². The number of hydrogen-bond donors (Lipinski definition) is 2. The van der Waals surface area contributed by atoms with Gasteiger partial charge in [0.1, 0.15) is 0 Å². The van der Waals surface area contributed by atoms with Gasteiger partial charge in [0.15, 0.2) is 0 Å². The fourth-order valence-electron chi connectivity index (χ4n) is 2.76. The predicted molar refractivity (Wildman–Crippen MR) is 79.6 cm³/mol. The number of primary amides is 1. The van der Waals surface area contributed by atoms with Crippen molar-refractivity contribution in [2.75, 3.05) is 5.32 Å². The highest BCUT2D eigenvalue weighted by Crippen LogP contribution is 2.29. The summed E-state index contributed by atoms with van der Waals surface area (Å²) in [5.74, 6) is 0.402. The van der Waals surface area contributed by atoms with Crippen molar-refractivity contribution < 1.29 is 4.79 Å². The Bertz CT molecular complexity index is 453. The lowest BCUT2D eigenvalue weighted by Gasteiger charge is -2.29. The Hall–Kier alpha value is -1.22. The number of carbonyl (C=O) groups excluding carboxylic acids is 1. The van der Waals surface area contributed by atoms with E-state index >= 15 is 0 Å². The molecule has 0 atom stereocenters. The van der Waals surface area contributed by atoms with Gasteiger partial charge in [0, 0.05) is 11.7 Å². The van der Waals surface area contributed by atoms with Gasteiger partial charge in [-0.1, -0.05) is 24.9 Å². The van der Waals surface area contributed by atoms with Crippen molar-refractivity contribution in [1.29, 1.82) is 0 Å². The fourth-order valence-corrected chi connectivity index (χ4v) is 3.03. The lowest BCUT2D eigenvalue weighted by molar-refractivity contribution is 0.100. The van der Waals surface area contributed by atoms with Gasteiger partial charge in [-0.05, 0) is 49.8 Å². The van der Waals surface area contributed by atoms with Crippen molar-refractivity contribution in [3.05, 3.63) is 28.8 Å². The Kier molecular flexibility index (Phi) is 4.70. The highest BCUT2D eigenvalue weighted by atomic mass is 35.5. The van der Waals surface area contributed by atoms with Crippen molar-refractivity contribution in [1.82, 2.24) is 0 Å². The lowest BCUT2D eigenvalue weighted by Crippen LogP contribution is -2.25. The van der Waals surface area contributed by atoms with Gasteiger partial charge in [-0.3, -0.25) is 4.79 Å². The summed E-state index contributed by atoms with van der Waals surface area (Å²) < 4.78 is 0. The summed E-state index contributed by atoms with van der Waals surface area (Å²) in [7, 11) is 0. The molecule has 1 aliphatic rings. The molecular weight excluding hydrogens is 260 g/mol. The third-order valence-electron chi connectivity index (χ3n) is 4.03. The molecule has 19 heavy (non-hydrogen) atoms. The van der Waals surface area contributed by atoms with Crippen LogP contribution in [0.25, 0.3) is 0 Å². The predicted octanol–water partition coefficient (Wildman–Crippen LogP) is 3.82. The Morgan fingerprint density at radius 1 is 1.37 bits per heavy atom. The van der Waals surface area contributed by atoms with Crippen molar-refractivity contribution in [2.45, 2.75) is 45.1 Å². The molecule has 0 aliphatic heterocycles. The molecule has 0 aromatic heterocycles. The highest BCUT2D eigenvalue weighted by Gasteiger charge is 2.20. The molecular formula is C15H21ClN2O. The van der Waals surface area contributed by atoms with E-state index in [0.29, 0.717) is 16.6 Å². The average molecular weight is 281 g/mol. The first-order valence-corrected chi connectivity index (χ1v) is 7.33. The van der Waals surface area contributed by atoms with Gasteiger partial charge >= 0.3 is 0 Å². The number of anilines is 1. The Labute approximate surface area is 119 Å². The molecule has 1 amide bonds. The smallest absolute Gasteiger partial charge is 0.250 e. The molecule has 1 saturated carbocycles. The zero-order valence-corrected chi connectivity index (χ0v) is 12.0. The molecule has 1 aromatic carbocycles. The van der Waals surface area contributed by atoms with Gasteiger partial charge in [0.05, 0.1) is 10.6 Å². The SMILES string of the molecule is CCC1CCC(Nc2ccc(C(N)=O)c(Cl)c2)CC1. The summed E-state index contributed by atoms with van der Waals surface area (Å²) in [5, 5.41) is 3.91. The number of nitrogens with two attached hydrogens (primary N) is 1. The number of halogens is 1. The van der Waals surface area contributed by atoms with Crippen LogP contribution in [0.5, 0.6) is 0 Å². The molecule has 0 saturated heterocycles. The normalized spacial score (nSPS) is 23.1. The number of hydrogen-bond acceptors (Lipinski definition) is 2. The summed E-state index contributed by atoms with van der Waals surface area (Å²) in [6.45, 7) is 2.26. The van der Waals surface area contributed by atoms with Crippen LogP contribution in [0.1, 0.15) is 49.4 Å². The summed E-state index contributed by atoms with van der Waals surface area (Å²) in [4.78, 5) is 11.1. The van der Waals surface area contributed by atoms with E-state index in [-0.39, 0.29) is 0 Å². The summed E-state index contributed by atoms with van der Waals surface area (Å²) in [5.41, 5.74) is 6.58. The molecule has 2 rings (SSSR count). The van der Waals surface area contributed by atoms with E-state index in [0.717, 1.165) is 11.6 Å². The molecule has 4 heteroatoms. The zero-order valence-electron chi connectivity index (χ0n) is 11.3. The molecule has 0 unspecified atom stereocenters. The van der Waals surface area contributed by atoms with Gasteiger partial charge < -0.3 is 11.1 Å². The van der Waals surface area contributed by atoms with E-state index < -0.39 is 5.91 Å². The average Bonchev–Trinajstić information content (AvgIpc) is 2.39. The maximum absolute atomic E-state index is 11.1. The van der Waals surface area contributed by atoms with Crippen LogP contribution in [0.2, 0.25) is 5.02 Å². The number of benzene rings is 1. The maximum Gasteiger partial charge on any atom is 0.250 e. The van der Waals surface area contributed by atoms with E-state index in [9.17, 15) is 4.79 Å².